The van der Waals surface area contributed by atoms with E-state index in [0.29, 0.717) is 12.8 Å². The number of aliphatic imine (C=N–C) groups is 1. The number of ether oxygens (including phenoxy) is 3. The van der Waals surface area contributed by atoms with Crippen molar-refractivity contribution in [1.82, 2.24) is 10.6 Å². The third kappa shape index (κ3) is 5.31. The Morgan fingerprint density at radius 3 is 2.61 bits per heavy atom. The normalized spacial score (nSPS) is 18.5. The molecule has 1 atom stereocenters. The first kappa shape index (κ1) is 21.5. The van der Waals surface area contributed by atoms with Crippen molar-refractivity contribution in [2.75, 3.05) is 33.6 Å². The minimum absolute atomic E-state index is 0.0237. The van der Waals surface area contributed by atoms with E-state index < -0.39 is 0 Å². The summed E-state index contributed by atoms with van der Waals surface area (Å²) in [7, 11) is 1.83. The number of fused-ring (bicyclic) bond motifs is 1. The van der Waals surface area contributed by atoms with Crippen molar-refractivity contribution in [3.05, 3.63) is 59.7 Å². The molecule has 0 saturated carbocycles. The van der Waals surface area contributed by atoms with Gasteiger partial charge in [-0.25, -0.2) is 0 Å². The van der Waals surface area contributed by atoms with Crippen LogP contribution in [0.1, 0.15) is 37.3 Å². The number of hydrogen-bond acceptors (Lipinski definition) is 4. The molecule has 4 rings (SSSR count). The summed E-state index contributed by atoms with van der Waals surface area (Å²) < 4.78 is 16.8. The molecule has 2 aliphatic rings. The highest BCUT2D eigenvalue weighted by molar-refractivity contribution is 5.80. The van der Waals surface area contributed by atoms with Gasteiger partial charge in [0.1, 0.15) is 0 Å². The van der Waals surface area contributed by atoms with Gasteiger partial charge in [-0.2, -0.15) is 0 Å². The fraction of sp³-hybridized carbons (Fsp3) is 0.480. The van der Waals surface area contributed by atoms with Crippen LogP contribution in [0.3, 0.4) is 0 Å². The number of nitrogens with one attached hydrogen (secondary N) is 2. The SMILES string of the molecule is CN=C(NCC1(c2ccc3c(c2)OCO3)CCOCC1)NC(C)CCc1ccccc1. The van der Waals surface area contributed by atoms with Crippen LogP contribution in [0.15, 0.2) is 53.5 Å². The Labute approximate surface area is 185 Å². The Balaban J connectivity index is 1.38. The minimum Gasteiger partial charge on any atom is -0.454 e. The average molecular weight is 424 g/mol. The quantitative estimate of drug-likeness (QED) is 0.526. The lowest BCUT2D eigenvalue weighted by atomic mass is 9.74. The molecule has 2 aromatic rings. The zero-order valence-electron chi connectivity index (χ0n) is 18.5. The second-order valence-electron chi connectivity index (χ2n) is 8.46. The monoisotopic (exact) mass is 423 g/mol. The molecular weight excluding hydrogens is 390 g/mol. The van der Waals surface area contributed by atoms with Crippen LogP contribution in [0.5, 0.6) is 11.5 Å². The number of guanidine groups is 1. The summed E-state index contributed by atoms with van der Waals surface area (Å²) in [5.74, 6) is 2.50. The van der Waals surface area contributed by atoms with Gasteiger partial charge in [0.15, 0.2) is 17.5 Å². The second-order valence-corrected chi connectivity index (χ2v) is 8.46. The molecule has 0 radical (unpaired) electrons. The Bertz CT molecular complexity index is 879. The van der Waals surface area contributed by atoms with Gasteiger partial charge < -0.3 is 24.8 Å². The van der Waals surface area contributed by atoms with Crippen molar-refractivity contribution >= 4 is 5.96 Å². The van der Waals surface area contributed by atoms with Crippen LogP contribution in [0.4, 0.5) is 0 Å². The van der Waals surface area contributed by atoms with Crippen molar-refractivity contribution in [3.8, 4) is 11.5 Å². The third-order valence-electron chi connectivity index (χ3n) is 6.34. The Morgan fingerprint density at radius 2 is 1.84 bits per heavy atom. The molecule has 2 heterocycles. The molecule has 0 aromatic heterocycles. The van der Waals surface area contributed by atoms with Gasteiger partial charge in [-0.3, -0.25) is 4.99 Å². The zero-order valence-corrected chi connectivity index (χ0v) is 18.5. The van der Waals surface area contributed by atoms with Crippen molar-refractivity contribution in [1.29, 1.82) is 0 Å². The van der Waals surface area contributed by atoms with Gasteiger partial charge in [0.25, 0.3) is 0 Å². The fourth-order valence-electron chi connectivity index (χ4n) is 4.34. The molecule has 2 aromatic carbocycles. The maximum atomic E-state index is 5.68. The van der Waals surface area contributed by atoms with E-state index in [0.717, 1.165) is 62.9 Å². The van der Waals surface area contributed by atoms with E-state index in [1.54, 1.807) is 0 Å². The Hall–Kier alpha value is -2.73. The zero-order chi connectivity index (χ0) is 21.5. The topological polar surface area (TPSA) is 64.1 Å². The van der Waals surface area contributed by atoms with E-state index in [2.05, 4.69) is 65.0 Å². The minimum atomic E-state index is -0.0237. The summed E-state index contributed by atoms with van der Waals surface area (Å²) in [6.07, 6.45) is 4.01. The van der Waals surface area contributed by atoms with E-state index in [9.17, 15) is 0 Å². The highest BCUT2D eigenvalue weighted by Crippen LogP contribution is 2.40. The number of benzene rings is 2. The molecule has 6 nitrogen and oxygen atoms in total. The van der Waals surface area contributed by atoms with Gasteiger partial charge in [0.2, 0.25) is 6.79 Å². The Morgan fingerprint density at radius 1 is 1.06 bits per heavy atom. The summed E-state index contributed by atoms with van der Waals surface area (Å²) in [6, 6.07) is 17.3. The first-order valence-corrected chi connectivity index (χ1v) is 11.2. The molecule has 2 N–H and O–H groups in total. The highest BCUT2D eigenvalue weighted by atomic mass is 16.7. The molecular formula is C25H33N3O3. The van der Waals surface area contributed by atoms with Gasteiger partial charge in [0, 0.05) is 38.3 Å². The smallest absolute Gasteiger partial charge is 0.231 e. The first-order chi connectivity index (χ1) is 15.2. The van der Waals surface area contributed by atoms with Crippen LogP contribution in [0, 0.1) is 0 Å². The number of aryl methyl sites for hydroxylation is 1. The van der Waals surface area contributed by atoms with Crippen LogP contribution in [-0.2, 0) is 16.6 Å². The third-order valence-corrected chi connectivity index (χ3v) is 6.34. The van der Waals surface area contributed by atoms with Crippen molar-refractivity contribution < 1.29 is 14.2 Å². The maximum Gasteiger partial charge on any atom is 0.231 e. The number of rotatable bonds is 7. The van der Waals surface area contributed by atoms with Gasteiger partial charge in [-0.05, 0) is 55.9 Å². The predicted octanol–water partition coefficient (Wildman–Crippen LogP) is 3.65. The van der Waals surface area contributed by atoms with Crippen LogP contribution < -0.4 is 20.1 Å². The second kappa shape index (κ2) is 10.1. The van der Waals surface area contributed by atoms with E-state index in [1.807, 2.05) is 13.1 Å². The van der Waals surface area contributed by atoms with Crippen LogP contribution >= 0.6 is 0 Å². The van der Waals surface area contributed by atoms with Gasteiger partial charge in [0.05, 0.1) is 0 Å². The molecule has 31 heavy (non-hydrogen) atoms. The van der Waals surface area contributed by atoms with Crippen LogP contribution in [0.2, 0.25) is 0 Å². The molecule has 0 amide bonds. The fourth-order valence-corrected chi connectivity index (χ4v) is 4.34. The standard InChI is InChI=1S/C25H33N3O3/c1-19(8-9-20-6-4-3-5-7-20)28-24(26-2)27-17-25(12-14-29-15-13-25)21-10-11-22-23(16-21)31-18-30-22/h3-7,10-11,16,19H,8-9,12-15,17-18H2,1-2H3,(H2,26,27,28). The summed E-state index contributed by atoms with van der Waals surface area (Å²) in [5.41, 5.74) is 2.60. The van der Waals surface area contributed by atoms with Crippen molar-refractivity contribution in [2.24, 2.45) is 4.99 Å². The maximum absolute atomic E-state index is 5.68. The molecule has 1 saturated heterocycles. The number of nitrogens with zero attached hydrogens (tertiary/aromatic N) is 1. The molecule has 1 fully saturated rings. The molecule has 6 heteroatoms. The average Bonchev–Trinajstić information content (AvgIpc) is 3.30. The highest BCUT2D eigenvalue weighted by Gasteiger charge is 2.36. The van der Waals surface area contributed by atoms with Crippen molar-refractivity contribution in [3.63, 3.8) is 0 Å². The summed E-state index contributed by atoms with van der Waals surface area (Å²) in [4.78, 5) is 4.47. The first-order valence-electron chi connectivity index (χ1n) is 11.2. The van der Waals surface area contributed by atoms with E-state index in [4.69, 9.17) is 14.2 Å². The van der Waals surface area contributed by atoms with Crippen LogP contribution in [-0.4, -0.2) is 45.6 Å². The van der Waals surface area contributed by atoms with E-state index in [1.165, 1.54) is 11.1 Å². The Kier molecular flexibility index (Phi) is 6.97. The molecule has 0 bridgehead atoms. The molecule has 166 valence electrons. The summed E-state index contributed by atoms with van der Waals surface area (Å²) in [5, 5.41) is 7.14. The van der Waals surface area contributed by atoms with Gasteiger partial charge in [-0.1, -0.05) is 36.4 Å². The molecule has 0 aliphatic carbocycles. The lowest BCUT2D eigenvalue weighted by molar-refractivity contribution is 0.0513. The van der Waals surface area contributed by atoms with E-state index in [-0.39, 0.29) is 5.41 Å². The van der Waals surface area contributed by atoms with Crippen molar-refractivity contribution in [2.45, 2.75) is 44.1 Å². The van der Waals surface area contributed by atoms with Gasteiger partial charge in [-0.15, -0.1) is 0 Å². The van der Waals surface area contributed by atoms with Crippen LogP contribution in [0.25, 0.3) is 0 Å². The lowest BCUT2D eigenvalue weighted by Gasteiger charge is -2.38. The lowest BCUT2D eigenvalue weighted by Crippen LogP contribution is -2.49. The van der Waals surface area contributed by atoms with E-state index >= 15 is 0 Å². The predicted molar refractivity (Wildman–Crippen MR) is 123 cm³/mol. The molecule has 2 aliphatic heterocycles. The molecule has 1 unspecified atom stereocenters. The molecule has 0 spiro atoms. The largest absolute Gasteiger partial charge is 0.454 e. The number of hydrogen-bond donors (Lipinski definition) is 2. The van der Waals surface area contributed by atoms with Gasteiger partial charge >= 0.3 is 0 Å². The summed E-state index contributed by atoms with van der Waals surface area (Å²) >= 11 is 0. The summed E-state index contributed by atoms with van der Waals surface area (Å²) in [6.45, 7) is 4.81.